The Labute approximate surface area is 98.8 Å². The number of ether oxygens (including phenoxy) is 3. The number of rotatable bonds is 2. The highest BCUT2D eigenvalue weighted by molar-refractivity contribution is 8.00. The third-order valence-electron chi connectivity index (χ3n) is 1.56. The summed E-state index contributed by atoms with van der Waals surface area (Å²) < 4.78 is 15.2. The lowest BCUT2D eigenvalue weighted by molar-refractivity contribution is -0.185. The summed E-state index contributed by atoms with van der Waals surface area (Å²) in [5, 5.41) is 0. The molecule has 0 radical (unpaired) electrons. The van der Waals surface area contributed by atoms with Gasteiger partial charge >= 0.3 is 11.9 Å². The van der Waals surface area contributed by atoms with Crippen LogP contribution in [0.25, 0.3) is 0 Å². The maximum absolute atomic E-state index is 11.6. The predicted molar refractivity (Wildman–Crippen MR) is 58.7 cm³/mol. The van der Waals surface area contributed by atoms with Crippen LogP contribution in [0.2, 0.25) is 0 Å². The van der Waals surface area contributed by atoms with Gasteiger partial charge in [0.15, 0.2) is 0 Å². The van der Waals surface area contributed by atoms with Gasteiger partial charge in [0.2, 0.25) is 11.7 Å². The molecule has 0 unspecified atom stereocenters. The first kappa shape index (κ1) is 13.3. The van der Waals surface area contributed by atoms with E-state index in [4.69, 9.17) is 14.2 Å². The normalized spacial score (nSPS) is 25.2. The molecule has 0 aliphatic carbocycles. The molecule has 5 nitrogen and oxygen atoms in total. The fourth-order valence-corrected chi connectivity index (χ4v) is 1.97. The van der Waals surface area contributed by atoms with Crippen molar-refractivity contribution >= 4 is 23.7 Å². The maximum atomic E-state index is 11.6. The molecule has 0 aromatic rings. The molecule has 16 heavy (non-hydrogen) atoms. The Kier molecular flexibility index (Phi) is 4.21. The number of thioether (sulfide) groups is 1. The van der Waals surface area contributed by atoms with Gasteiger partial charge in [0.1, 0.15) is 5.60 Å². The van der Waals surface area contributed by atoms with Crippen molar-refractivity contribution in [1.82, 2.24) is 0 Å². The Morgan fingerprint density at radius 2 is 2.00 bits per heavy atom. The van der Waals surface area contributed by atoms with Crippen LogP contribution in [0.3, 0.4) is 0 Å². The van der Waals surface area contributed by atoms with Crippen molar-refractivity contribution in [3.05, 3.63) is 0 Å². The summed E-state index contributed by atoms with van der Waals surface area (Å²) in [5.74, 6) is -0.411. The van der Waals surface area contributed by atoms with Gasteiger partial charge in [-0.15, -0.1) is 11.8 Å². The van der Waals surface area contributed by atoms with Crippen LogP contribution in [0, 0.1) is 0 Å². The second kappa shape index (κ2) is 5.05. The molecule has 0 aromatic heterocycles. The third kappa shape index (κ3) is 4.40. The molecule has 92 valence electrons. The Balaban J connectivity index is 2.41. The molecule has 0 aromatic carbocycles. The van der Waals surface area contributed by atoms with Gasteiger partial charge in [-0.05, 0) is 20.8 Å². The molecule has 0 spiro atoms. The average molecular weight is 248 g/mol. The summed E-state index contributed by atoms with van der Waals surface area (Å²) >= 11 is 1.27. The molecule has 0 bridgehead atoms. The summed E-state index contributed by atoms with van der Waals surface area (Å²) in [6, 6.07) is 0. The lowest BCUT2D eigenvalue weighted by Gasteiger charge is -2.21. The Morgan fingerprint density at radius 3 is 2.50 bits per heavy atom. The highest BCUT2D eigenvalue weighted by Gasteiger charge is 2.36. The third-order valence-corrected chi connectivity index (χ3v) is 2.63. The zero-order valence-corrected chi connectivity index (χ0v) is 10.6. The second-order valence-corrected chi connectivity index (χ2v) is 5.47. The quantitative estimate of drug-likeness (QED) is 0.687. The van der Waals surface area contributed by atoms with E-state index in [-0.39, 0.29) is 0 Å². The number of carbonyl (C=O) groups excluding carboxylic acids is 2. The van der Waals surface area contributed by atoms with E-state index < -0.39 is 29.3 Å². The molecule has 0 amide bonds. The van der Waals surface area contributed by atoms with E-state index in [1.165, 1.54) is 18.7 Å². The fraction of sp³-hybridized carbons (Fsp3) is 0.800. The monoisotopic (exact) mass is 248 g/mol. The molecule has 1 heterocycles. The van der Waals surface area contributed by atoms with Crippen LogP contribution in [-0.4, -0.2) is 35.0 Å². The summed E-state index contributed by atoms with van der Waals surface area (Å²) in [6.07, 6.45) is -0.653. The van der Waals surface area contributed by atoms with Gasteiger partial charge < -0.3 is 14.2 Å². The van der Waals surface area contributed by atoms with E-state index in [0.29, 0.717) is 5.75 Å². The number of hydrogen-bond donors (Lipinski definition) is 0. The van der Waals surface area contributed by atoms with E-state index >= 15 is 0 Å². The van der Waals surface area contributed by atoms with E-state index in [0.717, 1.165) is 0 Å². The standard InChI is InChI=1S/C10H16O5S/c1-6(11)13-7-5-16-9(14-7)8(12)15-10(2,3)4/h7,9H,5H2,1-4H3/t7-,9-/m1/s1. The molecular formula is C10H16O5S. The molecule has 0 N–H and O–H groups in total. The van der Waals surface area contributed by atoms with Crippen molar-refractivity contribution in [2.24, 2.45) is 0 Å². The highest BCUT2D eigenvalue weighted by atomic mass is 32.2. The van der Waals surface area contributed by atoms with Gasteiger partial charge in [0.05, 0.1) is 5.75 Å². The minimum absolute atomic E-state index is 0.421. The zero-order chi connectivity index (χ0) is 12.3. The average Bonchev–Trinajstić information content (AvgIpc) is 2.48. The zero-order valence-electron chi connectivity index (χ0n) is 9.81. The Hall–Kier alpha value is -0.750. The Bertz CT molecular complexity index is 283. The molecule has 1 saturated heterocycles. The van der Waals surface area contributed by atoms with E-state index in [9.17, 15) is 9.59 Å². The number of esters is 2. The lowest BCUT2D eigenvalue weighted by Crippen LogP contribution is -2.31. The van der Waals surface area contributed by atoms with E-state index in [1.807, 2.05) is 0 Å². The van der Waals surface area contributed by atoms with Crippen molar-refractivity contribution < 1.29 is 23.8 Å². The van der Waals surface area contributed by atoms with Crippen LogP contribution < -0.4 is 0 Å². The smallest absolute Gasteiger partial charge is 0.346 e. The molecule has 2 atom stereocenters. The van der Waals surface area contributed by atoms with Gasteiger partial charge in [-0.3, -0.25) is 4.79 Å². The van der Waals surface area contributed by atoms with E-state index in [1.54, 1.807) is 20.8 Å². The van der Waals surface area contributed by atoms with Crippen LogP contribution in [0.1, 0.15) is 27.7 Å². The second-order valence-electron chi connectivity index (χ2n) is 4.37. The van der Waals surface area contributed by atoms with Gasteiger partial charge in [-0.2, -0.15) is 0 Å². The summed E-state index contributed by atoms with van der Waals surface area (Å²) in [5.41, 5.74) is -1.25. The minimum Gasteiger partial charge on any atom is -0.457 e. The van der Waals surface area contributed by atoms with Crippen molar-refractivity contribution in [1.29, 1.82) is 0 Å². The molecular weight excluding hydrogens is 232 g/mol. The summed E-state index contributed by atoms with van der Waals surface area (Å²) in [7, 11) is 0. The summed E-state index contributed by atoms with van der Waals surface area (Å²) in [4.78, 5) is 22.3. The van der Waals surface area contributed by atoms with Crippen LogP contribution in [0.15, 0.2) is 0 Å². The first-order valence-corrected chi connectivity index (χ1v) is 6.00. The van der Waals surface area contributed by atoms with Crippen molar-refractivity contribution in [3.8, 4) is 0 Å². The fourth-order valence-electron chi connectivity index (χ4n) is 1.10. The number of carbonyl (C=O) groups is 2. The van der Waals surface area contributed by atoms with Gasteiger partial charge in [-0.1, -0.05) is 0 Å². The van der Waals surface area contributed by atoms with Crippen LogP contribution in [-0.2, 0) is 23.8 Å². The van der Waals surface area contributed by atoms with Crippen LogP contribution in [0.5, 0.6) is 0 Å². The molecule has 1 rings (SSSR count). The first-order chi connectivity index (χ1) is 7.28. The summed E-state index contributed by atoms with van der Waals surface area (Å²) in [6.45, 7) is 6.66. The predicted octanol–water partition coefficient (Wildman–Crippen LogP) is 1.31. The molecule has 1 aliphatic rings. The topological polar surface area (TPSA) is 61.8 Å². The van der Waals surface area contributed by atoms with Crippen LogP contribution >= 0.6 is 11.8 Å². The molecule has 6 heteroatoms. The molecule has 1 fully saturated rings. The van der Waals surface area contributed by atoms with Crippen molar-refractivity contribution in [3.63, 3.8) is 0 Å². The van der Waals surface area contributed by atoms with Gasteiger partial charge in [-0.25, -0.2) is 4.79 Å². The largest absolute Gasteiger partial charge is 0.457 e. The molecule has 0 saturated carbocycles. The number of hydrogen-bond acceptors (Lipinski definition) is 6. The van der Waals surface area contributed by atoms with Crippen molar-refractivity contribution in [2.45, 2.75) is 45.0 Å². The maximum Gasteiger partial charge on any atom is 0.346 e. The van der Waals surface area contributed by atoms with Crippen LogP contribution in [0.4, 0.5) is 0 Å². The van der Waals surface area contributed by atoms with E-state index in [2.05, 4.69) is 0 Å². The molecule has 1 aliphatic heterocycles. The lowest BCUT2D eigenvalue weighted by atomic mass is 10.2. The Morgan fingerprint density at radius 1 is 1.38 bits per heavy atom. The van der Waals surface area contributed by atoms with Crippen molar-refractivity contribution in [2.75, 3.05) is 5.75 Å². The SMILES string of the molecule is CC(=O)O[C@H]1CS[C@H](C(=O)OC(C)(C)C)O1. The highest BCUT2D eigenvalue weighted by Crippen LogP contribution is 2.28. The first-order valence-electron chi connectivity index (χ1n) is 4.95. The van der Waals surface area contributed by atoms with Gasteiger partial charge in [0.25, 0.3) is 0 Å². The minimum atomic E-state index is -0.705. The van der Waals surface area contributed by atoms with Gasteiger partial charge in [0, 0.05) is 6.92 Å².